The first-order valence-corrected chi connectivity index (χ1v) is 6.94. The maximum absolute atomic E-state index is 11.6. The molecule has 2 aromatic rings. The molecule has 2 amide bonds. The van der Waals surface area contributed by atoms with Crippen LogP contribution in [0.25, 0.3) is 0 Å². The Morgan fingerprint density at radius 1 is 1.14 bits per heavy atom. The number of aromatic nitrogens is 2. The molecule has 108 valence electrons. The van der Waals surface area contributed by atoms with E-state index < -0.39 is 0 Å². The summed E-state index contributed by atoms with van der Waals surface area (Å²) in [5.74, 6) is 1.07. The number of hydrogen-bond donors (Lipinski definition) is 3. The van der Waals surface area contributed by atoms with E-state index in [4.69, 9.17) is 0 Å². The Hall–Kier alpha value is -2.63. The molecule has 1 saturated carbocycles. The monoisotopic (exact) mass is 283 g/mol. The third-order valence-corrected chi connectivity index (χ3v) is 3.11. The van der Waals surface area contributed by atoms with Crippen molar-refractivity contribution in [2.75, 3.05) is 10.6 Å². The third-order valence-electron chi connectivity index (χ3n) is 3.11. The van der Waals surface area contributed by atoms with Gasteiger partial charge in [-0.2, -0.15) is 0 Å². The van der Waals surface area contributed by atoms with Crippen LogP contribution >= 0.6 is 0 Å². The first-order chi connectivity index (χ1) is 10.2. The highest BCUT2D eigenvalue weighted by Crippen LogP contribution is 2.19. The van der Waals surface area contributed by atoms with Crippen molar-refractivity contribution in [2.45, 2.75) is 25.8 Å². The minimum Gasteiger partial charge on any atom is -0.339 e. The number of carbonyl (C=O) groups excluding carboxylic acids is 1. The molecule has 6 nitrogen and oxygen atoms in total. The van der Waals surface area contributed by atoms with Crippen LogP contribution in [-0.4, -0.2) is 22.3 Å². The van der Waals surface area contributed by atoms with Crippen molar-refractivity contribution < 1.29 is 4.79 Å². The van der Waals surface area contributed by atoms with Crippen LogP contribution in [0.4, 0.5) is 22.1 Å². The van der Waals surface area contributed by atoms with Gasteiger partial charge in [0.05, 0.1) is 0 Å². The summed E-state index contributed by atoms with van der Waals surface area (Å²) in [5.41, 5.74) is 2.12. The van der Waals surface area contributed by atoms with Gasteiger partial charge < -0.3 is 10.6 Å². The molecule has 1 fully saturated rings. The van der Waals surface area contributed by atoms with E-state index in [2.05, 4.69) is 26.1 Å². The van der Waals surface area contributed by atoms with E-state index in [1.54, 1.807) is 12.1 Å². The number of amides is 2. The van der Waals surface area contributed by atoms with E-state index in [1.165, 1.54) is 5.56 Å². The molecule has 21 heavy (non-hydrogen) atoms. The second-order valence-corrected chi connectivity index (χ2v) is 5.17. The van der Waals surface area contributed by atoms with E-state index >= 15 is 0 Å². The molecule has 1 aromatic carbocycles. The topological polar surface area (TPSA) is 78.9 Å². The van der Waals surface area contributed by atoms with Gasteiger partial charge in [-0.15, -0.1) is 10.2 Å². The van der Waals surface area contributed by atoms with Gasteiger partial charge in [0.15, 0.2) is 11.6 Å². The molecule has 0 spiro atoms. The molecule has 1 aliphatic carbocycles. The molecule has 0 atom stereocenters. The minimum atomic E-state index is -0.230. The van der Waals surface area contributed by atoms with Crippen LogP contribution in [-0.2, 0) is 0 Å². The van der Waals surface area contributed by atoms with E-state index in [0.29, 0.717) is 17.7 Å². The molecule has 0 bridgehead atoms. The SMILES string of the molecule is Cc1cccc(Nc2ccc(NC(=O)NC3CC3)nn2)c1. The number of anilines is 3. The van der Waals surface area contributed by atoms with E-state index in [0.717, 1.165) is 18.5 Å². The lowest BCUT2D eigenvalue weighted by Gasteiger charge is -2.07. The Labute approximate surface area is 123 Å². The molecule has 1 aromatic heterocycles. The molecular formula is C15H17N5O. The Balaban J connectivity index is 1.59. The lowest BCUT2D eigenvalue weighted by molar-refractivity contribution is 0.251. The number of benzene rings is 1. The first-order valence-electron chi connectivity index (χ1n) is 6.94. The van der Waals surface area contributed by atoms with Gasteiger partial charge in [-0.05, 0) is 49.6 Å². The Morgan fingerprint density at radius 2 is 1.90 bits per heavy atom. The number of rotatable bonds is 4. The highest BCUT2D eigenvalue weighted by atomic mass is 16.2. The Bertz CT molecular complexity index is 637. The van der Waals surface area contributed by atoms with Crippen molar-refractivity contribution >= 4 is 23.4 Å². The van der Waals surface area contributed by atoms with Crippen molar-refractivity contribution in [3.63, 3.8) is 0 Å². The molecule has 1 heterocycles. The zero-order valence-corrected chi connectivity index (χ0v) is 11.8. The van der Waals surface area contributed by atoms with Gasteiger partial charge in [0, 0.05) is 11.7 Å². The van der Waals surface area contributed by atoms with Gasteiger partial charge in [-0.1, -0.05) is 12.1 Å². The fraction of sp³-hybridized carbons (Fsp3) is 0.267. The predicted octanol–water partition coefficient (Wildman–Crippen LogP) is 2.81. The quantitative estimate of drug-likeness (QED) is 0.806. The first kappa shape index (κ1) is 13.4. The zero-order valence-electron chi connectivity index (χ0n) is 11.8. The van der Waals surface area contributed by atoms with Crippen LogP contribution in [0, 0.1) is 6.92 Å². The average molecular weight is 283 g/mol. The van der Waals surface area contributed by atoms with Crippen molar-refractivity contribution in [2.24, 2.45) is 0 Å². The minimum absolute atomic E-state index is 0.230. The molecule has 0 radical (unpaired) electrons. The van der Waals surface area contributed by atoms with Crippen LogP contribution in [0.2, 0.25) is 0 Å². The number of nitrogens with zero attached hydrogens (tertiary/aromatic N) is 2. The molecular weight excluding hydrogens is 266 g/mol. The summed E-state index contributed by atoms with van der Waals surface area (Å²) < 4.78 is 0. The van der Waals surface area contributed by atoms with Crippen molar-refractivity contribution in [1.29, 1.82) is 0 Å². The van der Waals surface area contributed by atoms with Crippen LogP contribution in [0.15, 0.2) is 36.4 Å². The van der Waals surface area contributed by atoms with Crippen LogP contribution in [0.5, 0.6) is 0 Å². The largest absolute Gasteiger partial charge is 0.339 e. The molecule has 0 saturated heterocycles. The number of urea groups is 1. The van der Waals surface area contributed by atoms with Gasteiger partial charge >= 0.3 is 6.03 Å². The summed E-state index contributed by atoms with van der Waals surface area (Å²) in [6.07, 6.45) is 2.11. The molecule has 6 heteroatoms. The molecule has 1 aliphatic rings. The average Bonchev–Trinajstić information content (AvgIpc) is 3.25. The number of nitrogens with one attached hydrogen (secondary N) is 3. The van der Waals surface area contributed by atoms with Crippen molar-refractivity contribution in [3.8, 4) is 0 Å². The maximum Gasteiger partial charge on any atom is 0.320 e. The predicted molar refractivity (Wildman–Crippen MR) is 81.7 cm³/mol. The van der Waals surface area contributed by atoms with Crippen LogP contribution in [0.1, 0.15) is 18.4 Å². The smallest absolute Gasteiger partial charge is 0.320 e. The number of hydrogen-bond acceptors (Lipinski definition) is 4. The third kappa shape index (κ3) is 3.92. The summed E-state index contributed by atoms with van der Waals surface area (Å²) >= 11 is 0. The number of carbonyl (C=O) groups is 1. The summed E-state index contributed by atoms with van der Waals surface area (Å²) in [6.45, 7) is 2.03. The van der Waals surface area contributed by atoms with Gasteiger partial charge in [-0.25, -0.2) is 4.79 Å². The Kier molecular flexibility index (Phi) is 3.68. The van der Waals surface area contributed by atoms with Crippen LogP contribution in [0.3, 0.4) is 0 Å². The van der Waals surface area contributed by atoms with Crippen molar-refractivity contribution in [1.82, 2.24) is 15.5 Å². The zero-order chi connectivity index (χ0) is 14.7. The van der Waals surface area contributed by atoms with E-state index in [9.17, 15) is 4.79 Å². The van der Waals surface area contributed by atoms with Gasteiger partial charge in [-0.3, -0.25) is 5.32 Å². The normalized spacial score (nSPS) is 13.6. The molecule has 3 rings (SSSR count). The number of aryl methyl sites for hydroxylation is 1. The second-order valence-electron chi connectivity index (χ2n) is 5.17. The highest BCUT2D eigenvalue weighted by Gasteiger charge is 2.23. The maximum atomic E-state index is 11.6. The molecule has 3 N–H and O–H groups in total. The lowest BCUT2D eigenvalue weighted by atomic mass is 10.2. The summed E-state index contributed by atoms with van der Waals surface area (Å²) in [5, 5.41) is 16.7. The summed E-state index contributed by atoms with van der Waals surface area (Å²) in [4.78, 5) is 11.6. The van der Waals surface area contributed by atoms with Gasteiger partial charge in [0.2, 0.25) is 0 Å². The molecule has 0 aliphatic heterocycles. The fourth-order valence-electron chi connectivity index (χ4n) is 1.90. The standard InChI is InChI=1S/C15H17N5O/c1-10-3-2-4-12(9-10)16-13-7-8-14(20-19-13)18-15(21)17-11-5-6-11/h2-4,7-9,11H,5-6H2,1H3,(H,16,19)(H2,17,18,20,21). The summed E-state index contributed by atoms with van der Waals surface area (Å²) in [7, 11) is 0. The molecule has 0 unspecified atom stereocenters. The summed E-state index contributed by atoms with van der Waals surface area (Å²) in [6, 6.07) is 11.6. The lowest BCUT2D eigenvalue weighted by Crippen LogP contribution is -2.30. The van der Waals surface area contributed by atoms with E-state index in [-0.39, 0.29) is 6.03 Å². The Morgan fingerprint density at radius 3 is 2.57 bits per heavy atom. The van der Waals surface area contributed by atoms with Crippen LogP contribution < -0.4 is 16.0 Å². The van der Waals surface area contributed by atoms with Crippen molar-refractivity contribution in [3.05, 3.63) is 42.0 Å². The van der Waals surface area contributed by atoms with Gasteiger partial charge in [0.25, 0.3) is 0 Å². The van der Waals surface area contributed by atoms with Gasteiger partial charge in [0.1, 0.15) is 0 Å². The highest BCUT2D eigenvalue weighted by molar-refractivity contribution is 5.88. The second kappa shape index (κ2) is 5.78. The van der Waals surface area contributed by atoms with E-state index in [1.807, 2.05) is 31.2 Å². The fourth-order valence-corrected chi connectivity index (χ4v) is 1.90.